The highest BCUT2D eigenvalue weighted by atomic mass is 19.1. The predicted molar refractivity (Wildman–Crippen MR) is 89.5 cm³/mol. The average Bonchev–Trinajstić information content (AvgIpc) is 3.31. The Bertz CT molecular complexity index is 495. The van der Waals surface area contributed by atoms with Gasteiger partial charge >= 0.3 is 0 Å². The summed E-state index contributed by atoms with van der Waals surface area (Å²) in [5.74, 6) is 0.544. The van der Waals surface area contributed by atoms with Gasteiger partial charge in [-0.2, -0.15) is 0 Å². The molecule has 1 aliphatic carbocycles. The lowest BCUT2D eigenvalue weighted by molar-refractivity contribution is 0.215. The molecule has 2 rings (SSSR count). The van der Waals surface area contributed by atoms with Crippen LogP contribution < -0.4 is 10.6 Å². The minimum Gasteiger partial charge on any atom is -0.355 e. The molecular formula is C17H27FN4. The van der Waals surface area contributed by atoms with Gasteiger partial charge < -0.3 is 10.6 Å². The Morgan fingerprint density at radius 3 is 2.73 bits per heavy atom. The van der Waals surface area contributed by atoms with Gasteiger partial charge in [0.05, 0.1) is 0 Å². The molecule has 1 fully saturated rings. The van der Waals surface area contributed by atoms with Crippen molar-refractivity contribution in [3.05, 3.63) is 35.6 Å². The molecule has 0 atom stereocenters. The molecule has 1 aromatic carbocycles. The van der Waals surface area contributed by atoms with Gasteiger partial charge in [-0.3, -0.25) is 9.89 Å². The Hall–Kier alpha value is -1.62. The summed E-state index contributed by atoms with van der Waals surface area (Å²) in [6.45, 7) is 6.93. The van der Waals surface area contributed by atoms with Crippen LogP contribution in [0.2, 0.25) is 0 Å². The van der Waals surface area contributed by atoms with Crippen molar-refractivity contribution in [2.75, 3.05) is 20.1 Å². The summed E-state index contributed by atoms with van der Waals surface area (Å²) in [6.07, 6.45) is 2.65. The third-order valence-electron chi connectivity index (χ3n) is 3.91. The van der Waals surface area contributed by atoms with E-state index in [-0.39, 0.29) is 5.82 Å². The predicted octanol–water partition coefficient (Wildman–Crippen LogP) is 2.36. The molecule has 0 spiro atoms. The molecule has 0 aromatic heterocycles. The molecule has 0 aliphatic heterocycles. The van der Waals surface area contributed by atoms with E-state index in [1.165, 1.54) is 25.0 Å². The highest BCUT2D eigenvalue weighted by Crippen LogP contribution is 2.27. The maximum atomic E-state index is 13.1. The van der Waals surface area contributed by atoms with Crippen LogP contribution in [0.3, 0.4) is 0 Å². The molecular weight excluding hydrogens is 279 g/mol. The topological polar surface area (TPSA) is 39.7 Å². The molecule has 0 radical (unpaired) electrons. The van der Waals surface area contributed by atoms with E-state index in [4.69, 9.17) is 0 Å². The van der Waals surface area contributed by atoms with Crippen LogP contribution in [-0.2, 0) is 6.54 Å². The summed E-state index contributed by atoms with van der Waals surface area (Å²) in [5, 5.41) is 6.54. The number of halogens is 1. The molecule has 1 aliphatic rings. The molecule has 0 amide bonds. The van der Waals surface area contributed by atoms with Crippen LogP contribution in [0.15, 0.2) is 29.3 Å². The van der Waals surface area contributed by atoms with Crippen molar-refractivity contribution in [1.29, 1.82) is 0 Å². The van der Waals surface area contributed by atoms with Gasteiger partial charge in [-0.15, -0.1) is 0 Å². The van der Waals surface area contributed by atoms with E-state index < -0.39 is 0 Å². The standard InChI is InChI=1S/C17H27FN4/c1-13(2)22(16-7-8-16)10-9-20-17(19-3)21-12-14-5-4-6-15(18)11-14/h4-6,11,13,16H,7-10,12H2,1-3H3,(H2,19,20,21). The molecule has 4 nitrogen and oxygen atoms in total. The van der Waals surface area contributed by atoms with Gasteiger partial charge in [0.15, 0.2) is 5.96 Å². The monoisotopic (exact) mass is 306 g/mol. The van der Waals surface area contributed by atoms with Gasteiger partial charge in [-0.05, 0) is 44.4 Å². The first-order chi connectivity index (χ1) is 10.6. The maximum absolute atomic E-state index is 13.1. The molecule has 1 aromatic rings. The molecule has 2 N–H and O–H groups in total. The van der Waals surface area contributed by atoms with E-state index in [0.717, 1.165) is 30.7 Å². The van der Waals surface area contributed by atoms with Crippen LogP contribution in [0.1, 0.15) is 32.3 Å². The van der Waals surface area contributed by atoms with Crippen LogP contribution in [-0.4, -0.2) is 43.1 Å². The van der Waals surface area contributed by atoms with Crippen molar-refractivity contribution in [2.24, 2.45) is 4.99 Å². The van der Waals surface area contributed by atoms with Crippen LogP contribution >= 0.6 is 0 Å². The first-order valence-electron chi connectivity index (χ1n) is 8.05. The molecule has 0 saturated heterocycles. The summed E-state index contributed by atoms with van der Waals surface area (Å²) >= 11 is 0. The van der Waals surface area contributed by atoms with E-state index in [1.54, 1.807) is 13.1 Å². The Kier molecular flexibility index (Phi) is 6.19. The van der Waals surface area contributed by atoms with Crippen LogP contribution in [0.5, 0.6) is 0 Å². The molecule has 0 heterocycles. The first-order valence-corrected chi connectivity index (χ1v) is 8.05. The van der Waals surface area contributed by atoms with E-state index in [9.17, 15) is 4.39 Å². The number of nitrogens with one attached hydrogen (secondary N) is 2. The van der Waals surface area contributed by atoms with Crippen molar-refractivity contribution in [1.82, 2.24) is 15.5 Å². The molecule has 0 unspecified atom stereocenters. The SMILES string of the molecule is CN=C(NCCN(C(C)C)C1CC1)NCc1cccc(F)c1. The Morgan fingerprint density at radius 1 is 1.36 bits per heavy atom. The molecule has 0 bridgehead atoms. The highest BCUT2D eigenvalue weighted by molar-refractivity contribution is 5.79. The molecule has 5 heteroatoms. The molecule has 22 heavy (non-hydrogen) atoms. The number of guanidine groups is 1. The fraction of sp³-hybridized carbons (Fsp3) is 0.588. The number of rotatable bonds is 7. The fourth-order valence-corrected chi connectivity index (χ4v) is 2.63. The van der Waals surface area contributed by atoms with Crippen LogP contribution in [0, 0.1) is 5.82 Å². The van der Waals surface area contributed by atoms with Gasteiger partial charge in [0.25, 0.3) is 0 Å². The molecule has 122 valence electrons. The van der Waals surface area contributed by atoms with E-state index >= 15 is 0 Å². The zero-order chi connectivity index (χ0) is 15.9. The molecule has 1 saturated carbocycles. The van der Waals surface area contributed by atoms with E-state index in [2.05, 4.69) is 34.4 Å². The van der Waals surface area contributed by atoms with E-state index in [1.807, 2.05) is 6.07 Å². The van der Waals surface area contributed by atoms with Gasteiger partial charge in [-0.1, -0.05) is 12.1 Å². The lowest BCUT2D eigenvalue weighted by atomic mass is 10.2. The lowest BCUT2D eigenvalue weighted by Crippen LogP contribution is -2.43. The summed E-state index contributed by atoms with van der Waals surface area (Å²) in [6, 6.07) is 7.96. The summed E-state index contributed by atoms with van der Waals surface area (Å²) < 4.78 is 13.1. The van der Waals surface area contributed by atoms with Crippen LogP contribution in [0.4, 0.5) is 4.39 Å². The summed E-state index contributed by atoms with van der Waals surface area (Å²) in [4.78, 5) is 6.74. The first kappa shape index (κ1) is 16.7. The normalized spacial score (nSPS) is 15.5. The van der Waals surface area contributed by atoms with Crippen molar-refractivity contribution in [3.8, 4) is 0 Å². The van der Waals surface area contributed by atoms with Crippen molar-refractivity contribution >= 4 is 5.96 Å². The van der Waals surface area contributed by atoms with Gasteiger partial charge in [0, 0.05) is 38.8 Å². The fourth-order valence-electron chi connectivity index (χ4n) is 2.63. The Balaban J connectivity index is 1.73. The van der Waals surface area contributed by atoms with Crippen molar-refractivity contribution in [3.63, 3.8) is 0 Å². The maximum Gasteiger partial charge on any atom is 0.191 e. The second-order valence-corrected chi connectivity index (χ2v) is 6.05. The summed E-state index contributed by atoms with van der Waals surface area (Å²) in [5.41, 5.74) is 0.907. The lowest BCUT2D eigenvalue weighted by Gasteiger charge is -2.26. The number of benzene rings is 1. The minimum atomic E-state index is -0.209. The summed E-state index contributed by atoms with van der Waals surface area (Å²) in [7, 11) is 1.75. The zero-order valence-electron chi connectivity index (χ0n) is 13.8. The average molecular weight is 306 g/mol. The smallest absolute Gasteiger partial charge is 0.191 e. The second-order valence-electron chi connectivity index (χ2n) is 6.05. The highest BCUT2D eigenvalue weighted by Gasteiger charge is 2.29. The van der Waals surface area contributed by atoms with Gasteiger partial charge in [-0.25, -0.2) is 4.39 Å². The Morgan fingerprint density at radius 2 is 2.14 bits per heavy atom. The largest absolute Gasteiger partial charge is 0.355 e. The third-order valence-corrected chi connectivity index (χ3v) is 3.91. The number of hydrogen-bond acceptors (Lipinski definition) is 2. The van der Waals surface area contributed by atoms with E-state index in [0.29, 0.717) is 12.6 Å². The van der Waals surface area contributed by atoms with Crippen molar-refractivity contribution in [2.45, 2.75) is 45.3 Å². The van der Waals surface area contributed by atoms with Gasteiger partial charge in [0.1, 0.15) is 5.82 Å². The zero-order valence-corrected chi connectivity index (χ0v) is 13.8. The number of nitrogens with zero attached hydrogens (tertiary/aromatic N) is 2. The number of hydrogen-bond donors (Lipinski definition) is 2. The number of aliphatic imine (C=N–C) groups is 1. The quantitative estimate of drug-likeness (QED) is 0.600. The minimum absolute atomic E-state index is 0.209. The Labute approximate surface area is 132 Å². The second kappa shape index (κ2) is 8.13. The van der Waals surface area contributed by atoms with Crippen molar-refractivity contribution < 1.29 is 4.39 Å². The van der Waals surface area contributed by atoms with Gasteiger partial charge in [0.2, 0.25) is 0 Å². The van der Waals surface area contributed by atoms with Crippen LogP contribution in [0.25, 0.3) is 0 Å². The third kappa shape index (κ3) is 5.30.